The molecule has 1 aliphatic heterocycles. The van der Waals surface area contributed by atoms with Crippen molar-refractivity contribution in [3.05, 3.63) is 18.2 Å². The number of fused-ring (bicyclic) bond motifs is 1. The SMILES string of the molecule is CCCCS(=O)(=O)Nc1nc2ccc(S(=O)(=O)N3CCN(C)CC3)cc2s1. The number of aromatic nitrogens is 1. The van der Waals surface area contributed by atoms with Crippen LogP contribution in [0, 0.1) is 0 Å². The van der Waals surface area contributed by atoms with Gasteiger partial charge in [0.25, 0.3) is 0 Å². The first kappa shape index (κ1) is 20.5. The second kappa shape index (κ2) is 8.00. The Bertz CT molecular complexity index is 1010. The molecule has 3 rings (SSSR count). The van der Waals surface area contributed by atoms with Crippen LogP contribution < -0.4 is 4.72 Å². The van der Waals surface area contributed by atoms with E-state index in [4.69, 9.17) is 0 Å². The third-order valence-electron chi connectivity index (χ3n) is 4.47. The molecule has 0 amide bonds. The number of piperazine rings is 1. The highest BCUT2D eigenvalue weighted by atomic mass is 32.2. The quantitative estimate of drug-likeness (QED) is 0.716. The highest BCUT2D eigenvalue weighted by Gasteiger charge is 2.28. The summed E-state index contributed by atoms with van der Waals surface area (Å²) in [6, 6.07) is 4.73. The molecule has 27 heavy (non-hydrogen) atoms. The van der Waals surface area contributed by atoms with E-state index in [0.717, 1.165) is 17.8 Å². The standard InChI is InChI=1S/C16H24N4O4S3/c1-3-4-11-26(21,22)18-16-17-14-6-5-13(12-15(14)25-16)27(23,24)20-9-7-19(2)8-10-20/h5-6,12H,3-4,7-11H2,1-2H3,(H,17,18). The summed E-state index contributed by atoms with van der Waals surface area (Å²) in [6.07, 6.45) is 1.36. The van der Waals surface area contributed by atoms with Gasteiger partial charge in [0.15, 0.2) is 5.13 Å². The number of rotatable bonds is 7. The van der Waals surface area contributed by atoms with Crippen molar-refractivity contribution in [3.63, 3.8) is 0 Å². The average molecular weight is 433 g/mol. The number of likely N-dealkylation sites (N-methyl/N-ethyl adjacent to an activating group) is 1. The van der Waals surface area contributed by atoms with Crippen LogP contribution in [0.2, 0.25) is 0 Å². The van der Waals surface area contributed by atoms with Gasteiger partial charge in [-0.1, -0.05) is 24.7 Å². The second-order valence-corrected chi connectivity index (χ2v) is 11.4. The third-order valence-corrected chi connectivity index (χ3v) is 8.76. The monoisotopic (exact) mass is 432 g/mol. The molecule has 0 bridgehead atoms. The van der Waals surface area contributed by atoms with Crippen molar-refractivity contribution in [2.75, 3.05) is 43.7 Å². The van der Waals surface area contributed by atoms with Gasteiger partial charge in [-0.3, -0.25) is 4.72 Å². The lowest BCUT2D eigenvalue weighted by Crippen LogP contribution is -2.46. The summed E-state index contributed by atoms with van der Waals surface area (Å²) in [5.74, 6) is 0.0441. The summed E-state index contributed by atoms with van der Waals surface area (Å²) in [5, 5.41) is 0.259. The Morgan fingerprint density at radius 2 is 1.85 bits per heavy atom. The molecule has 1 saturated heterocycles. The number of hydrogen-bond donors (Lipinski definition) is 1. The van der Waals surface area contributed by atoms with Gasteiger partial charge < -0.3 is 4.90 Å². The van der Waals surface area contributed by atoms with Gasteiger partial charge in [-0.25, -0.2) is 21.8 Å². The molecule has 0 spiro atoms. The molecule has 2 aromatic rings. The molecule has 0 unspecified atom stereocenters. The summed E-state index contributed by atoms with van der Waals surface area (Å²) in [4.78, 5) is 6.57. The Hall–Kier alpha value is -1.27. The molecular formula is C16H24N4O4S3. The van der Waals surface area contributed by atoms with Crippen LogP contribution in [0.3, 0.4) is 0 Å². The van der Waals surface area contributed by atoms with Crippen molar-refractivity contribution in [1.82, 2.24) is 14.2 Å². The van der Waals surface area contributed by atoms with Crippen LogP contribution in [0.4, 0.5) is 5.13 Å². The molecule has 11 heteroatoms. The van der Waals surface area contributed by atoms with E-state index in [2.05, 4.69) is 14.6 Å². The number of unbranched alkanes of at least 4 members (excludes halogenated alkanes) is 1. The van der Waals surface area contributed by atoms with E-state index < -0.39 is 20.0 Å². The molecule has 150 valence electrons. The highest BCUT2D eigenvalue weighted by Crippen LogP contribution is 2.30. The van der Waals surface area contributed by atoms with E-state index in [-0.39, 0.29) is 15.8 Å². The lowest BCUT2D eigenvalue weighted by Gasteiger charge is -2.31. The number of nitrogens with zero attached hydrogens (tertiary/aromatic N) is 3. The third kappa shape index (κ3) is 4.77. The number of nitrogens with one attached hydrogen (secondary N) is 1. The fraction of sp³-hybridized carbons (Fsp3) is 0.562. The molecule has 2 heterocycles. The first-order valence-electron chi connectivity index (χ1n) is 8.81. The van der Waals surface area contributed by atoms with Gasteiger partial charge in [0, 0.05) is 26.2 Å². The summed E-state index contributed by atoms with van der Waals surface area (Å²) in [7, 11) is -5.04. The van der Waals surface area contributed by atoms with Crippen LogP contribution in [0.5, 0.6) is 0 Å². The largest absolute Gasteiger partial charge is 0.304 e. The molecular weight excluding hydrogens is 408 g/mol. The van der Waals surface area contributed by atoms with Crippen molar-refractivity contribution < 1.29 is 16.8 Å². The number of benzene rings is 1. The molecule has 1 N–H and O–H groups in total. The number of anilines is 1. The van der Waals surface area contributed by atoms with Crippen LogP contribution in [0.1, 0.15) is 19.8 Å². The Labute approximate surface area is 164 Å². The topological polar surface area (TPSA) is 99.7 Å². The molecule has 0 atom stereocenters. The molecule has 1 aliphatic rings. The lowest BCUT2D eigenvalue weighted by atomic mass is 10.3. The van der Waals surface area contributed by atoms with Crippen molar-refractivity contribution in [2.24, 2.45) is 0 Å². The average Bonchev–Trinajstić information content (AvgIpc) is 3.01. The zero-order chi connectivity index (χ0) is 19.7. The summed E-state index contributed by atoms with van der Waals surface area (Å²) in [6.45, 7) is 4.25. The van der Waals surface area contributed by atoms with Crippen molar-refractivity contribution >= 4 is 46.7 Å². The Morgan fingerprint density at radius 1 is 1.15 bits per heavy atom. The van der Waals surface area contributed by atoms with Crippen LogP contribution in [0.15, 0.2) is 23.1 Å². The van der Waals surface area contributed by atoms with Crippen LogP contribution >= 0.6 is 11.3 Å². The van der Waals surface area contributed by atoms with Crippen molar-refractivity contribution in [3.8, 4) is 0 Å². The Balaban J connectivity index is 1.83. The predicted octanol–water partition coefficient (Wildman–Crippen LogP) is 1.77. The summed E-state index contributed by atoms with van der Waals surface area (Å²) < 4.78 is 54.4. The van der Waals surface area contributed by atoms with E-state index in [1.54, 1.807) is 12.1 Å². The highest BCUT2D eigenvalue weighted by molar-refractivity contribution is 7.92. The minimum absolute atomic E-state index is 0.0441. The van der Waals surface area contributed by atoms with E-state index in [1.165, 1.54) is 10.4 Å². The van der Waals surface area contributed by atoms with E-state index in [1.807, 2.05) is 14.0 Å². The van der Waals surface area contributed by atoms with E-state index in [9.17, 15) is 16.8 Å². The van der Waals surface area contributed by atoms with Gasteiger partial charge in [-0.2, -0.15) is 4.31 Å². The van der Waals surface area contributed by atoms with Gasteiger partial charge in [-0.15, -0.1) is 0 Å². The maximum atomic E-state index is 12.9. The maximum absolute atomic E-state index is 12.9. The fourth-order valence-corrected chi connectivity index (χ4v) is 6.72. The minimum Gasteiger partial charge on any atom is -0.304 e. The fourth-order valence-electron chi connectivity index (χ4n) is 2.80. The Morgan fingerprint density at radius 3 is 2.52 bits per heavy atom. The summed E-state index contributed by atoms with van der Waals surface area (Å²) in [5.41, 5.74) is 0.575. The smallest absolute Gasteiger partial charge is 0.243 e. The minimum atomic E-state index is -3.57. The lowest BCUT2D eigenvalue weighted by molar-refractivity contribution is 0.222. The van der Waals surface area contributed by atoms with Crippen LogP contribution in [0.25, 0.3) is 10.2 Å². The number of thiazole rings is 1. The van der Waals surface area contributed by atoms with E-state index >= 15 is 0 Å². The zero-order valence-electron chi connectivity index (χ0n) is 15.4. The van der Waals surface area contributed by atoms with E-state index in [0.29, 0.717) is 42.8 Å². The Kier molecular flexibility index (Phi) is 6.06. The predicted molar refractivity (Wildman–Crippen MR) is 108 cm³/mol. The van der Waals surface area contributed by atoms with Crippen LogP contribution in [-0.4, -0.2) is 70.0 Å². The van der Waals surface area contributed by atoms with Gasteiger partial charge in [0.05, 0.1) is 20.9 Å². The van der Waals surface area contributed by atoms with Crippen molar-refractivity contribution in [2.45, 2.75) is 24.7 Å². The molecule has 1 fully saturated rings. The number of sulfonamides is 2. The number of hydrogen-bond acceptors (Lipinski definition) is 7. The first-order valence-corrected chi connectivity index (χ1v) is 12.7. The summed E-state index contributed by atoms with van der Waals surface area (Å²) >= 11 is 1.14. The van der Waals surface area contributed by atoms with Gasteiger partial charge in [0.1, 0.15) is 0 Å². The van der Waals surface area contributed by atoms with Crippen molar-refractivity contribution in [1.29, 1.82) is 0 Å². The normalized spacial score (nSPS) is 17.4. The molecule has 0 saturated carbocycles. The zero-order valence-corrected chi connectivity index (χ0v) is 17.8. The second-order valence-electron chi connectivity index (χ2n) is 6.63. The molecule has 0 radical (unpaired) electrons. The molecule has 1 aromatic heterocycles. The van der Waals surface area contributed by atoms with Gasteiger partial charge >= 0.3 is 0 Å². The molecule has 1 aromatic carbocycles. The molecule has 8 nitrogen and oxygen atoms in total. The first-order chi connectivity index (χ1) is 12.7. The maximum Gasteiger partial charge on any atom is 0.243 e. The van der Waals surface area contributed by atoms with Gasteiger partial charge in [-0.05, 0) is 31.7 Å². The van der Waals surface area contributed by atoms with Gasteiger partial charge in [0.2, 0.25) is 20.0 Å². The molecule has 0 aliphatic carbocycles. The van der Waals surface area contributed by atoms with Crippen LogP contribution in [-0.2, 0) is 20.0 Å².